The zero-order chi connectivity index (χ0) is 48.1. The van der Waals surface area contributed by atoms with Gasteiger partial charge in [-0.15, -0.1) is 0 Å². The first kappa shape index (κ1) is 64.0. The van der Waals surface area contributed by atoms with Crippen LogP contribution in [-0.4, -0.2) is 57.3 Å². The minimum absolute atomic E-state index is 0.355. The van der Waals surface area contributed by atoms with Gasteiger partial charge >= 0.3 is 0 Å². The maximum Gasteiger partial charge on any atom is 0.249 e. The highest BCUT2D eigenvalue weighted by molar-refractivity contribution is 5.80. The number of amides is 1. The number of aliphatic hydroxyl groups excluding tert-OH is 4. The topological polar surface area (TPSA) is 110 Å². The van der Waals surface area contributed by atoms with Crippen LogP contribution < -0.4 is 5.32 Å². The zero-order valence-corrected chi connectivity index (χ0v) is 43.7. The molecule has 0 spiro atoms. The normalized spacial score (nSPS) is 14.2. The fourth-order valence-corrected chi connectivity index (χ4v) is 8.64. The molecule has 0 aromatic heterocycles. The van der Waals surface area contributed by atoms with Gasteiger partial charge in [0.15, 0.2) is 0 Å². The second-order valence-electron chi connectivity index (χ2n) is 19.6. The lowest BCUT2D eigenvalue weighted by atomic mass is 10.00. The van der Waals surface area contributed by atoms with E-state index in [0.29, 0.717) is 19.3 Å². The fraction of sp³-hybridized carbons (Fsp3) is 0.817. The van der Waals surface area contributed by atoms with Crippen molar-refractivity contribution >= 4 is 5.91 Å². The molecule has 0 aliphatic heterocycles. The van der Waals surface area contributed by atoms with Crippen LogP contribution in [0.25, 0.3) is 0 Å². The van der Waals surface area contributed by atoms with Gasteiger partial charge in [0.2, 0.25) is 5.91 Å². The largest absolute Gasteiger partial charge is 0.394 e. The van der Waals surface area contributed by atoms with E-state index in [9.17, 15) is 25.2 Å². The van der Waals surface area contributed by atoms with Crippen LogP contribution in [0.15, 0.2) is 60.8 Å². The molecule has 0 saturated carbocycles. The van der Waals surface area contributed by atoms with E-state index >= 15 is 0 Å². The molecular weight excluding hydrogens is 815 g/mol. The molecule has 0 bridgehead atoms. The summed E-state index contributed by atoms with van der Waals surface area (Å²) >= 11 is 0. The Hall–Kier alpha value is -1.99. The molecule has 4 atom stereocenters. The first-order chi connectivity index (χ1) is 32.5. The van der Waals surface area contributed by atoms with Crippen molar-refractivity contribution in [3.8, 4) is 0 Å². The van der Waals surface area contributed by atoms with E-state index in [1.165, 1.54) is 193 Å². The third-order valence-corrected chi connectivity index (χ3v) is 13.2. The monoisotopic (exact) mass is 926 g/mol. The second kappa shape index (κ2) is 54.0. The molecular formula is C60H111NO5. The lowest BCUT2D eigenvalue weighted by Crippen LogP contribution is -2.53. The molecule has 0 radical (unpaired) electrons. The lowest BCUT2D eigenvalue weighted by Gasteiger charge is -2.27. The molecule has 6 heteroatoms. The molecule has 0 heterocycles. The third-order valence-electron chi connectivity index (χ3n) is 13.2. The van der Waals surface area contributed by atoms with E-state index < -0.39 is 36.9 Å². The summed E-state index contributed by atoms with van der Waals surface area (Å²) in [5.74, 6) is -0.600. The summed E-state index contributed by atoms with van der Waals surface area (Å²) in [6, 6.07) is -1.02. The van der Waals surface area contributed by atoms with E-state index in [4.69, 9.17) is 0 Å². The number of carbonyl (C=O) groups excluding carboxylic acids is 1. The van der Waals surface area contributed by atoms with E-state index in [-0.39, 0.29) is 0 Å². The highest BCUT2D eigenvalue weighted by atomic mass is 16.3. The van der Waals surface area contributed by atoms with E-state index in [1.54, 1.807) is 0 Å². The number of unbranched alkanes of at least 4 members (excludes halogenated alkanes) is 33. The Balaban J connectivity index is 3.71. The van der Waals surface area contributed by atoms with Gasteiger partial charge in [-0.2, -0.15) is 0 Å². The fourth-order valence-electron chi connectivity index (χ4n) is 8.64. The number of carbonyl (C=O) groups is 1. The van der Waals surface area contributed by atoms with E-state index in [0.717, 1.165) is 57.8 Å². The van der Waals surface area contributed by atoms with Gasteiger partial charge in [-0.05, 0) is 96.3 Å². The minimum Gasteiger partial charge on any atom is -0.394 e. The number of aliphatic hydroxyl groups is 4. The van der Waals surface area contributed by atoms with Gasteiger partial charge in [0, 0.05) is 0 Å². The number of nitrogens with one attached hydrogen (secondary N) is 1. The van der Waals surface area contributed by atoms with Gasteiger partial charge < -0.3 is 25.7 Å². The Morgan fingerprint density at radius 1 is 0.379 bits per heavy atom. The van der Waals surface area contributed by atoms with Gasteiger partial charge in [0.25, 0.3) is 0 Å². The number of hydrogen-bond acceptors (Lipinski definition) is 5. The quantitative estimate of drug-likeness (QED) is 0.0308. The summed E-state index contributed by atoms with van der Waals surface area (Å²) < 4.78 is 0. The highest BCUT2D eigenvalue weighted by Gasteiger charge is 2.28. The van der Waals surface area contributed by atoms with Crippen molar-refractivity contribution in [3.05, 3.63) is 60.8 Å². The first-order valence-corrected chi connectivity index (χ1v) is 28.7. The molecule has 5 N–H and O–H groups in total. The van der Waals surface area contributed by atoms with Crippen molar-refractivity contribution < 1.29 is 25.2 Å². The molecule has 66 heavy (non-hydrogen) atoms. The van der Waals surface area contributed by atoms with Gasteiger partial charge in [0.05, 0.1) is 18.8 Å². The van der Waals surface area contributed by atoms with Crippen LogP contribution in [-0.2, 0) is 4.79 Å². The van der Waals surface area contributed by atoms with Crippen LogP contribution in [0.2, 0.25) is 0 Å². The summed E-state index contributed by atoms with van der Waals surface area (Å²) in [5.41, 5.74) is 0. The van der Waals surface area contributed by atoms with Crippen molar-refractivity contribution in [2.24, 2.45) is 0 Å². The first-order valence-electron chi connectivity index (χ1n) is 28.7. The van der Waals surface area contributed by atoms with Gasteiger partial charge in [-0.3, -0.25) is 4.79 Å². The summed E-state index contributed by atoms with van der Waals surface area (Å²) in [7, 11) is 0. The third kappa shape index (κ3) is 47.1. The molecule has 0 saturated heterocycles. The summed E-state index contributed by atoms with van der Waals surface area (Å²) in [6.45, 7) is 4.05. The average Bonchev–Trinajstić information content (AvgIpc) is 3.32. The van der Waals surface area contributed by atoms with Crippen LogP contribution in [0.4, 0.5) is 0 Å². The predicted octanol–water partition coefficient (Wildman–Crippen LogP) is 16.8. The van der Waals surface area contributed by atoms with Crippen molar-refractivity contribution in [2.45, 2.75) is 308 Å². The van der Waals surface area contributed by atoms with E-state index in [2.05, 4.69) is 79.9 Å². The maximum absolute atomic E-state index is 12.6. The standard InChI is InChI=1S/C60H111NO5/c1-3-5-7-9-11-13-15-17-19-21-23-25-27-28-29-30-31-32-34-36-38-40-42-44-46-48-50-52-54-58(64)60(66)61-56(55-62)59(65)57(63)53-51-49-47-45-43-41-39-37-35-33-26-24-22-20-18-16-14-12-10-8-6-4-2/h23-26,28-29,37,39,45,47,56-59,62-65H,3-22,27,30-36,38,40-44,46,48-55H2,1-2H3,(H,61,66)/b25-23-,26-24+,29-28-,39-37+,47-45+. The van der Waals surface area contributed by atoms with Crippen molar-refractivity contribution in [2.75, 3.05) is 6.61 Å². The minimum atomic E-state index is -1.30. The molecule has 0 aliphatic carbocycles. The number of allylic oxidation sites excluding steroid dienone is 10. The SMILES string of the molecule is CCCCCCCCCCC/C=C\C/C=C\CCCCCCCCCCCCCCC(O)C(=O)NC(CO)C(O)C(O)CCC/C=C/CC/C=C/CC/C=C/CCCCCCCCCCC. The molecule has 1 amide bonds. The molecule has 0 aromatic rings. The van der Waals surface area contributed by atoms with Crippen molar-refractivity contribution in [1.82, 2.24) is 5.32 Å². The van der Waals surface area contributed by atoms with Crippen LogP contribution in [0, 0.1) is 0 Å². The van der Waals surface area contributed by atoms with Gasteiger partial charge in [0.1, 0.15) is 12.2 Å². The average molecular weight is 927 g/mol. The highest BCUT2D eigenvalue weighted by Crippen LogP contribution is 2.16. The van der Waals surface area contributed by atoms with Crippen LogP contribution >= 0.6 is 0 Å². The molecule has 0 rings (SSSR count). The molecule has 386 valence electrons. The number of hydrogen-bond donors (Lipinski definition) is 5. The van der Waals surface area contributed by atoms with Crippen LogP contribution in [0.1, 0.15) is 284 Å². The summed E-state index contributed by atoms with van der Waals surface area (Å²) in [4.78, 5) is 12.6. The number of rotatable bonds is 52. The molecule has 0 fully saturated rings. The van der Waals surface area contributed by atoms with Crippen molar-refractivity contribution in [1.29, 1.82) is 0 Å². The smallest absolute Gasteiger partial charge is 0.249 e. The molecule has 6 nitrogen and oxygen atoms in total. The second-order valence-corrected chi connectivity index (χ2v) is 19.6. The lowest BCUT2D eigenvalue weighted by molar-refractivity contribution is -0.132. The van der Waals surface area contributed by atoms with Crippen LogP contribution in [0.5, 0.6) is 0 Å². The maximum atomic E-state index is 12.6. The Kier molecular flexibility index (Phi) is 52.3. The molecule has 4 unspecified atom stereocenters. The Morgan fingerprint density at radius 3 is 1.05 bits per heavy atom. The molecule has 0 aromatic carbocycles. The van der Waals surface area contributed by atoms with E-state index in [1.807, 2.05) is 0 Å². The van der Waals surface area contributed by atoms with Crippen LogP contribution in [0.3, 0.4) is 0 Å². The summed E-state index contributed by atoms with van der Waals surface area (Å²) in [6.07, 6.45) is 70.0. The zero-order valence-electron chi connectivity index (χ0n) is 43.7. The van der Waals surface area contributed by atoms with Gasteiger partial charge in [-0.25, -0.2) is 0 Å². The van der Waals surface area contributed by atoms with Crippen molar-refractivity contribution in [3.63, 3.8) is 0 Å². The summed E-state index contributed by atoms with van der Waals surface area (Å²) in [5, 5.41) is 44.0. The molecule has 0 aliphatic rings. The Morgan fingerprint density at radius 2 is 0.682 bits per heavy atom. The van der Waals surface area contributed by atoms with Gasteiger partial charge in [-0.1, -0.05) is 248 Å². The Bertz CT molecular complexity index is 1130. The Labute approximate surface area is 410 Å². The predicted molar refractivity (Wildman–Crippen MR) is 288 cm³/mol.